The molecule has 2 rings (SSSR count). The van der Waals surface area contributed by atoms with Gasteiger partial charge in [-0.1, -0.05) is 41.9 Å². The van der Waals surface area contributed by atoms with Crippen molar-refractivity contribution in [1.29, 1.82) is 0 Å². The Morgan fingerprint density at radius 2 is 2.25 bits per heavy atom. The van der Waals surface area contributed by atoms with Gasteiger partial charge in [0.15, 0.2) is 0 Å². The number of carbonyl (C=O) groups is 1. The summed E-state index contributed by atoms with van der Waals surface area (Å²) in [6.45, 7) is 4.60. The molecule has 1 aromatic carbocycles. The highest BCUT2D eigenvalue weighted by Crippen LogP contribution is 2.36. The van der Waals surface area contributed by atoms with Crippen LogP contribution in [0.2, 0.25) is 0 Å². The Bertz CT molecular complexity index is 417. The lowest BCUT2D eigenvalue weighted by molar-refractivity contribution is 0.0387. The Balaban J connectivity index is 2.33. The van der Waals surface area contributed by atoms with Crippen LogP contribution in [0.4, 0.5) is 4.79 Å². The first-order valence-electron chi connectivity index (χ1n) is 5.18. The monoisotopic (exact) mass is 283 g/mol. The van der Waals surface area contributed by atoms with E-state index in [4.69, 9.17) is 4.74 Å². The molecule has 4 heteroatoms. The molecule has 1 saturated heterocycles. The maximum Gasteiger partial charge on any atom is 0.407 e. The van der Waals surface area contributed by atoms with Crippen molar-refractivity contribution in [2.75, 3.05) is 6.61 Å². The molecule has 1 amide bonds. The van der Waals surface area contributed by atoms with Crippen molar-refractivity contribution in [1.82, 2.24) is 5.32 Å². The van der Waals surface area contributed by atoms with E-state index in [0.29, 0.717) is 6.61 Å². The molecule has 1 heterocycles. The van der Waals surface area contributed by atoms with Crippen molar-refractivity contribution in [3.05, 3.63) is 34.3 Å². The van der Waals surface area contributed by atoms with Gasteiger partial charge in [-0.3, -0.25) is 0 Å². The SMILES string of the molecule is CC1(C)COC(=O)N[C@H]1c1cccc(Br)c1. The van der Waals surface area contributed by atoms with Crippen molar-refractivity contribution < 1.29 is 9.53 Å². The molecular formula is C12H14BrNO2. The molecule has 1 atom stereocenters. The minimum Gasteiger partial charge on any atom is -0.449 e. The number of hydrogen-bond acceptors (Lipinski definition) is 2. The average molecular weight is 284 g/mol. The lowest BCUT2D eigenvalue weighted by Crippen LogP contribution is -2.46. The van der Waals surface area contributed by atoms with Crippen LogP contribution in [0.1, 0.15) is 25.5 Å². The summed E-state index contributed by atoms with van der Waals surface area (Å²) in [6, 6.07) is 7.97. The summed E-state index contributed by atoms with van der Waals surface area (Å²) in [6.07, 6.45) is -0.343. The van der Waals surface area contributed by atoms with Gasteiger partial charge in [0.2, 0.25) is 0 Å². The standard InChI is InChI=1S/C12H14BrNO2/c1-12(2)7-16-11(15)14-10(12)8-4-3-5-9(13)6-8/h3-6,10H,7H2,1-2H3,(H,14,15)/t10-/m0/s1. The van der Waals surface area contributed by atoms with Crippen molar-refractivity contribution in [2.45, 2.75) is 19.9 Å². The van der Waals surface area contributed by atoms with Gasteiger partial charge in [-0.05, 0) is 17.7 Å². The highest BCUT2D eigenvalue weighted by atomic mass is 79.9. The van der Waals surface area contributed by atoms with Gasteiger partial charge in [-0.25, -0.2) is 4.79 Å². The zero-order valence-electron chi connectivity index (χ0n) is 9.29. The maximum atomic E-state index is 11.3. The van der Waals surface area contributed by atoms with Crippen LogP contribution in [0.5, 0.6) is 0 Å². The van der Waals surface area contributed by atoms with Crippen LogP contribution in [0, 0.1) is 5.41 Å². The van der Waals surface area contributed by atoms with Gasteiger partial charge in [0.1, 0.15) is 6.61 Å². The summed E-state index contributed by atoms with van der Waals surface area (Å²) in [5, 5.41) is 2.87. The molecule has 0 aromatic heterocycles. The molecule has 1 fully saturated rings. The molecule has 0 radical (unpaired) electrons. The average Bonchev–Trinajstić information content (AvgIpc) is 2.22. The van der Waals surface area contributed by atoms with E-state index in [2.05, 4.69) is 35.1 Å². The first-order valence-corrected chi connectivity index (χ1v) is 5.97. The first-order chi connectivity index (χ1) is 7.49. The van der Waals surface area contributed by atoms with E-state index in [-0.39, 0.29) is 17.6 Å². The maximum absolute atomic E-state index is 11.3. The number of cyclic esters (lactones) is 1. The molecule has 1 aliphatic rings. The van der Waals surface area contributed by atoms with Crippen LogP contribution < -0.4 is 5.32 Å². The summed E-state index contributed by atoms with van der Waals surface area (Å²) >= 11 is 3.44. The lowest BCUT2D eigenvalue weighted by Gasteiger charge is -2.38. The van der Waals surface area contributed by atoms with Crippen molar-refractivity contribution in [3.63, 3.8) is 0 Å². The molecule has 1 aliphatic heterocycles. The van der Waals surface area contributed by atoms with Gasteiger partial charge in [0, 0.05) is 9.89 Å². The number of halogens is 1. The Hall–Kier alpha value is -1.03. The zero-order chi connectivity index (χ0) is 11.8. The fourth-order valence-electron chi connectivity index (χ4n) is 1.91. The van der Waals surface area contributed by atoms with Gasteiger partial charge < -0.3 is 10.1 Å². The van der Waals surface area contributed by atoms with Gasteiger partial charge in [-0.15, -0.1) is 0 Å². The smallest absolute Gasteiger partial charge is 0.407 e. The van der Waals surface area contributed by atoms with Crippen LogP contribution in [-0.4, -0.2) is 12.7 Å². The highest BCUT2D eigenvalue weighted by molar-refractivity contribution is 9.10. The zero-order valence-corrected chi connectivity index (χ0v) is 10.9. The predicted molar refractivity (Wildman–Crippen MR) is 65.1 cm³/mol. The summed E-state index contributed by atoms with van der Waals surface area (Å²) < 4.78 is 6.03. The third kappa shape index (κ3) is 2.21. The largest absolute Gasteiger partial charge is 0.449 e. The molecule has 0 aliphatic carbocycles. The number of amides is 1. The molecular weight excluding hydrogens is 270 g/mol. The van der Waals surface area contributed by atoms with Crippen LogP contribution >= 0.6 is 15.9 Å². The number of nitrogens with one attached hydrogen (secondary N) is 1. The molecule has 0 unspecified atom stereocenters. The summed E-state index contributed by atoms with van der Waals surface area (Å²) in [5.41, 5.74) is 0.991. The second-order valence-electron chi connectivity index (χ2n) is 4.70. The second-order valence-corrected chi connectivity index (χ2v) is 5.61. The Kier molecular flexibility index (Phi) is 2.93. The van der Waals surface area contributed by atoms with Gasteiger partial charge in [-0.2, -0.15) is 0 Å². The predicted octanol–water partition coefficient (Wildman–Crippen LogP) is 3.26. The van der Waals surface area contributed by atoms with Crippen LogP contribution in [0.3, 0.4) is 0 Å². The number of benzene rings is 1. The molecule has 16 heavy (non-hydrogen) atoms. The summed E-state index contributed by atoms with van der Waals surface area (Å²) in [5.74, 6) is 0. The lowest BCUT2D eigenvalue weighted by atomic mass is 9.80. The third-order valence-electron chi connectivity index (χ3n) is 2.80. The summed E-state index contributed by atoms with van der Waals surface area (Å²) in [4.78, 5) is 11.3. The highest BCUT2D eigenvalue weighted by Gasteiger charge is 2.37. The molecule has 0 spiro atoms. The van der Waals surface area contributed by atoms with Crippen LogP contribution in [0.25, 0.3) is 0 Å². The van der Waals surface area contributed by atoms with E-state index in [0.717, 1.165) is 10.0 Å². The van der Waals surface area contributed by atoms with Crippen molar-refractivity contribution in [2.24, 2.45) is 5.41 Å². The van der Waals surface area contributed by atoms with E-state index >= 15 is 0 Å². The minimum absolute atomic E-state index is 0.00810. The second kappa shape index (κ2) is 4.09. The van der Waals surface area contributed by atoms with Crippen molar-refractivity contribution >= 4 is 22.0 Å². The Morgan fingerprint density at radius 1 is 1.50 bits per heavy atom. The quantitative estimate of drug-likeness (QED) is 0.859. The Morgan fingerprint density at radius 3 is 2.94 bits per heavy atom. The van der Waals surface area contributed by atoms with Crippen molar-refractivity contribution in [3.8, 4) is 0 Å². The molecule has 1 aromatic rings. The number of carbonyl (C=O) groups excluding carboxylic acids is 1. The number of hydrogen-bond donors (Lipinski definition) is 1. The van der Waals surface area contributed by atoms with Gasteiger partial charge in [0.25, 0.3) is 0 Å². The number of rotatable bonds is 1. The van der Waals surface area contributed by atoms with E-state index in [1.165, 1.54) is 0 Å². The van der Waals surface area contributed by atoms with E-state index in [1.807, 2.05) is 24.3 Å². The summed E-state index contributed by atoms with van der Waals surface area (Å²) in [7, 11) is 0. The van der Waals surface area contributed by atoms with E-state index in [9.17, 15) is 4.79 Å². The fraction of sp³-hybridized carbons (Fsp3) is 0.417. The van der Waals surface area contributed by atoms with E-state index in [1.54, 1.807) is 0 Å². The number of ether oxygens (including phenoxy) is 1. The molecule has 0 bridgehead atoms. The normalized spacial score (nSPS) is 23.4. The molecule has 0 saturated carbocycles. The topological polar surface area (TPSA) is 38.3 Å². The third-order valence-corrected chi connectivity index (χ3v) is 3.29. The minimum atomic E-state index is -0.343. The molecule has 86 valence electrons. The van der Waals surface area contributed by atoms with E-state index < -0.39 is 0 Å². The molecule has 1 N–H and O–H groups in total. The van der Waals surface area contributed by atoms with Crippen LogP contribution in [0.15, 0.2) is 28.7 Å². The fourth-order valence-corrected chi connectivity index (χ4v) is 2.33. The van der Waals surface area contributed by atoms with Gasteiger partial charge >= 0.3 is 6.09 Å². The van der Waals surface area contributed by atoms with Gasteiger partial charge in [0.05, 0.1) is 6.04 Å². The number of alkyl carbamates (subject to hydrolysis) is 1. The molecule has 3 nitrogen and oxygen atoms in total. The van der Waals surface area contributed by atoms with Crippen LogP contribution in [-0.2, 0) is 4.74 Å². The first kappa shape index (κ1) is 11.5. The Labute approximate surface area is 103 Å².